The van der Waals surface area contributed by atoms with Crippen LogP contribution in [0.3, 0.4) is 0 Å². The van der Waals surface area contributed by atoms with Gasteiger partial charge in [-0.15, -0.1) is 0 Å². The minimum atomic E-state index is -0.0741. The molecule has 0 fully saturated rings. The van der Waals surface area contributed by atoms with Gasteiger partial charge in [0.05, 0.1) is 6.04 Å². The lowest BCUT2D eigenvalue weighted by Gasteiger charge is -2.26. The van der Waals surface area contributed by atoms with E-state index in [0.717, 1.165) is 5.56 Å². The molecule has 0 bridgehead atoms. The van der Waals surface area contributed by atoms with Gasteiger partial charge >= 0.3 is 6.03 Å². The molecular formula is C13H21N3O. The molecule has 1 aromatic carbocycles. The lowest BCUT2D eigenvalue weighted by molar-refractivity contribution is 0.192. The second-order valence-corrected chi connectivity index (χ2v) is 4.56. The third-order valence-electron chi connectivity index (χ3n) is 2.71. The van der Waals surface area contributed by atoms with Crippen molar-refractivity contribution in [3.8, 4) is 0 Å². The van der Waals surface area contributed by atoms with Crippen LogP contribution in [0.15, 0.2) is 24.3 Å². The van der Waals surface area contributed by atoms with E-state index in [2.05, 4.69) is 5.32 Å². The summed E-state index contributed by atoms with van der Waals surface area (Å²) >= 11 is 0. The zero-order valence-electron chi connectivity index (χ0n) is 10.9. The SMILES string of the molecule is CC(C)NC(=O)N(C)C(C)c1cccc(N)c1. The largest absolute Gasteiger partial charge is 0.399 e. The van der Waals surface area contributed by atoms with Crippen molar-refractivity contribution in [2.45, 2.75) is 32.9 Å². The van der Waals surface area contributed by atoms with E-state index in [9.17, 15) is 4.79 Å². The van der Waals surface area contributed by atoms with Crippen LogP contribution in [0.2, 0.25) is 0 Å². The van der Waals surface area contributed by atoms with E-state index in [4.69, 9.17) is 5.73 Å². The number of nitrogens with zero attached hydrogens (tertiary/aromatic N) is 1. The van der Waals surface area contributed by atoms with Gasteiger partial charge in [-0.05, 0) is 38.5 Å². The van der Waals surface area contributed by atoms with Gasteiger partial charge in [-0.25, -0.2) is 4.79 Å². The Hall–Kier alpha value is -1.71. The van der Waals surface area contributed by atoms with E-state index in [1.54, 1.807) is 11.9 Å². The molecule has 2 amide bonds. The number of nitrogens with one attached hydrogen (secondary N) is 1. The fraction of sp³-hybridized carbons (Fsp3) is 0.462. The summed E-state index contributed by atoms with van der Waals surface area (Å²) < 4.78 is 0. The highest BCUT2D eigenvalue weighted by molar-refractivity contribution is 5.74. The Morgan fingerprint density at radius 3 is 2.53 bits per heavy atom. The van der Waals surface area contributed by atoms with Gasteiger partial charge in [-0.1, -0.05) is 12.1 Å². The first-order chi connectivity index (χ1) is 7.91. The second-order valence-electron chi connectivity index (χ2n) is 4.56. The third-order valence-corrected chi connectivity index (χ3v) is 2.71. The molecular weight excluding hydrogens is 214 g/mol. The van der Waals surface area contributed by atoms with Crippen molar-refractivity contribution in [2.24, 2.45) is 0 Å². The molecule has 94 valence electrons. The van der Waals surface area contributed by atoms with Crippen molar-refractivity contribution in [3.05, 3.63) is 29.8 Å². The van der Waals surface area contributed by atoms with Gasteiger partial charge in [0.25, 0.3) is 0 Å². The molecule has 3 N–H and O–H groups in total. The number of carbonyl (C=O) groups is 1. The number of nitrogens with two attached hydrogens (primary N) is 1. The Labute approximate surface area is 103 Å². The maximum atomic E-state index is 11.8. The second kappa shape index (κ2) is 5.57. The van der Waals surface area contributed by atoms with E-state index < -0.39 is 0 Å². The van der Waals surface area contributed by atoms with Gasteiger partial charge in [0, 0.05) is 18.8 Å². The summed E-state index contributed by atoms with van der Waals surface area (Å²) in [6, 6.07) is 7.66. The molecule has 1 aromatic rings. The number of hydrogen-bond acceptors (Lipinski definition) is 2. The van der Waals surface area contributed by atoms with Crippen LogP contribution in [-0.4, -0.2) is 24.0 Å². The van der Waals surface area contributed by atoms with Gasteiger partial charge in [-0.3, -0.25) is 0 Å². The van der Waals surface area contributed by atoms with Gasteiger partial charge in [-0.2, -0.15) is 0 Å². The van der Waals surface area contributed by atoms with E-state index in [1.165, 1.54) is 0 Å². The molecule has 1 unspecified atom stereocenters. The Balaban J connectivity index is 2.75. The first kappa shape index (κ1) is 13.4. The molecule has 1 atom stereocenters. The van der Waals surface area contributed by atoms with Crippen molar-refractivity contribution in [2.75, 3.05) is 12.8 Å². The highest BCUT2D eigenvalue weighted by Gasteiger charge is 2.17. The van der Waals surface area contributed by atoms with Crippen molar-refractivity contribution < 1.29 is 4.79 Å². The zero-order valence-corrected chi connectivity index (χ0v) is 10.9. The molecule has 0 saturated carbocycles. The molecule has 0 aliphatic carbocycles. The summed E-state index contributed by atoms with van der Waals surface area (Å²) in [5.74, 6) is 0. The normalized spacial score (nSPS) is 12.3. The van der Waals surface area contributed by atoms with E-state index >= 15 is 0 Å². The molecule has 0 heterocycles. The van der Waals surface area contributed by atoms with Crippen molar-refractivity contribution in [1.29, 1.82) is 0 Å². The average molecular weight is 235 g/mol. The summed E-state index contributed by atoms with van der Waals surface area (Å²) in [4.78, 5) is 13.5. The monoisotopic (exact) mass is 235 g/mol. The quantitative estimate of drug-likeness (QED) is 0.790. The van der Waals surface area contributed by atoms with Crippen LogP contribution in [0, 0.1) is 0 Å². The van der Waals surface area contributed by atoms with Crippen LogP contribution in [0.1, 0.15) is 32.4 Å². The lowest BCUT2D eigenvalue weighted by atomic mass is 10.1. The van der Waals surface area contributed by atoms with Gasteiger partial charge in [0.15, 0.2) is 0 Å². The number of benzene rings is 1. The highest BCUT2D eigenvalue weighted by atomic mass is 16.2. The maximum absolute atomic E-state index is 11.8. The first-order valence-electron chi connectivity index (χ1n) is 5.80. The first-order valence-corrected chi connectivity index (χ1v) is 5.80. The fourth-order valence-corrected chi connectivity index (χ4v) is 1.57. The smallest absolute Gasteiger partial charge is 0.317 e. The molecule has 0 aromatic heterocycles. The number of hydrogen-bond donors (Lipinski definition) is 2. The van der Waals surface area contributed by atoms with Gasteiger partial charge in [0.1, 0.15) is 0 Å². The van der Waals surface area contributed by atoms with Gasteiger partial charge < -0.3 is 16.0 Å². The van der Waals surface area contributed by atoms with Crippen LogP contribution in [0.25, 0.3) is 0 Å². The van der Waals surface area contributed by atoms with Gasteiger partial charge in [0.2, 0.25) is 0 Å². The number of nitrogen functional groups attached to an aromatic ring is 1. The number of anilines is 1. The molecule has 4 nitrogen and oxygen atoms in total. The molecule has 0 saturated heterocycles. The minimum absolute atomic E-state index is 0.00255. The maximum Gasteiger partial charge on any atom is 0.317 e. The van der Waals surface area contributed by atoms with Crippen LogP contribution in [0.4, 0.5) is 10.5 Å². The van der Waals surface area contributed by atoms with E-state index in [0.29, 0.717) is 5.69 Å². The lowest BCUT2D eigenvalue weighted by Crippen LogP contribution is -2.41. The molecule has 17 heavy (non-hydrogen) atoms. The summed E-state index contributed by atoms with van der Waals surface area (Å²) in [7, 11) is 1.78. The minimum Gasteiger partial charge on any atom is -0.399 e. The van der Waals surface area contributed by atoms with Crippen LogP contribution < -0.4 is 11.1 Å². The Kier molecular flexibility index (Phi) is 4.37. The number of urea groups is 1. The number of amides is 2. The predicted octanol–water partition coefficient (Wildman–Crippen LogP) is 2.38. The van der Waals surface area contributed by atoms with Crippen LogP contribution in [-0.2, 0) is 0 Å². The molecule has 0 aliphatic heterocycles. The molecule has 4 heteroatoms. The van der Waals surface area contributed by atoms with Crippen LogP contribution in [0.5, 0.6) is 0 Å². The van der Waals surface area contributed by atoms with Crippen molar-refractivity contribution in [1.82, 2.24) is 10.2 Å². The average Bonchev–Trinajstić information content (AvgIpc) is 2.26. The van der Waals surface area contributed by atoms with Crippen molar-refractivity contribution in [3.63, 3.8) is 0 Å². The highest BCUT2D eigenvalue weighted by Crippen LogP contribution is 2.20. The molecule has 0 radical (unpaired) electrons. The Bertz CT molecular complexity index is 390. The van der Waals surface area contributed by atoms with Crippen LogP contribution >= 0.6 is 0 Å². The van der Waals surface area contributed by atoms with E-state index in [-0.39, 0.29) is 18.1 Å². The topological polar surface area (TPSA) is 58.4 Å². The molecule has 1 rings (SSSR count). The standard InChI is InChI=1S/C13H21N3O/c1-9(2)15-13(17)16(4)10(3)11-6-5-7-12(14)8-11/h5-10H,14H2,1-4H3,(H,15,17). The Morgan fingerprint density at radius 1 is 1.35 bits per heavy atom. The summed E-state index contributed by atoms with van der Waals surface area (Å²) in [6.45, 7) is 5.86. The molecule has 0 spiro atoms. The number of rotatable bonds is 3. The Morgan fingerprint density at radius 2 is 2.00 bits per heavy atom. The summed E-state index contributed by atoms with van der Waals surface area (Å²) in [5.41, 5.74) is 7.48. The fourth-order valence-electron chi connectivity index (χ4n) is 1.57. The molecule has 0 aliphatic rings. The zero-order chi connectivity index (χ0) is 13.0. The predicted molar refractivity (Wildman–Crippen MR) is 70.7 cm³/mol. The summed E-state index contributed by atoms with van der Waals surface area (Å²) in [5, 5.41) is 2.86. The third kappa shape index (κ3) is 3.66. The number of carbonyl (C=O) groups excluding carboxylic acids is 1. The van der Waals surface area contributed by atoms with Crippen molar-refractivity contribution >= 4 is 11.7 Å². The summed E-state index contributed by atoms with van der Waals surface area (Å²) in [6.07, 6.45) is 0. The van der Waals surface area contributed by atoms with E-state index in [1.807, 2.05) is 45.0 Å².